The van der Waals surface area contributed by atoms with Gasteiger partial charge in [0.15, 0.2) is 18.4 Å². The van der Waals surface area contributed by atoms with Gasteiger partial charge in [-0.25, -0.2) is 9.59 Å². The van der Waals surface area contributed by atoms with E-state index in [-0.39, 0.29) is 61.9 Å². The van der Waals surface area contributed by atoms with E-state index in [0.29, 0.717) is 12.3 Å². The molecule has 0 spiro atoms. The molecule has 10 heteroatoms. The molecule has 0 fully saturated rings. The molecule has 0 bridgehead atoms. The lowest BCUT2D eigenvalue weighted by molar-refractivity contribution is -0.165. The van der Waals surface area contributed by atoms with Crippen LogP contribution < -0.4 is 24.8 Å². The van der Waals surface area contributed by atoms with E-state index in [1.165, 1.54) is 0 Å². The molecule has 1 atom stereocenters. The Hall–Kier alpha value is -0.150. The minimum Gasteiger partial charge on any atom is -1.00 e. The number of rotatable bonds is 28. The highest BCUT2D eigenvalue weighted by Crippen LogP contribution is 2.61. The van der Waals surface area contributed by atoms with Crippen molar-refractivity contribution in [3.8, 4) is 0 Å². The van der Waals surface area contributed by atoms with Crippen molar-refractivity contribution in [2.24, 2.45) is 5.92 Å². The molecule has 0 heterocycles. The predicted molar refractivity (Wildman–Crippen MR) is 189 cm³/mol. The zero-order valence-corrected chi connectivity index (χ0v) is 33.6. The van der Waals surface area contributed by atoms with Crippen LogP contribution in [0.15, 0.2) is 0 Å². The molecule has 6 nitrogen and oxygen atoms in total. The van der Waals surface area contributed by atoms with Gasteiger partial charge in [0.1, 0.15) is 13.2 Å². The second kappa shape index (κ2) is 29.9. The zero-order valence-electron chi connectivity index (χ0n) is 30.3. The van der Waals surface area contributed by atoms with Crippen molar-refractivity contribution < 1.29 is 53.4 Å². The van der Waals surface area contributed by atoms with Gasteiger partial charge in [-0.1, -0.05) is 93.9 Å². The molecule has 0 aromatic heterocycles. The fourth-order valence-electron chi connectivity index (χ4n) is 5.57. The summed E-state index contributed by atoms with van der Waals surface area (Å²) in [5, 5.41) is 0. The van der Waals surface area contributed by atoms with Gasteiger partial charge in [-0.3, -0.25) is 4.79 Å². The maximum atomic E-state index is 13.5. The number of carbonyl (C=O) groups excluding carboxylic acids is 3. The van der Waals surface area contributed by atoms with E-state index >= 15 is 0 Å². The molecule has 0 aliphatic heterocycles. The lowest BCUT2D eigenvalue weighted by Gasteiger charge is -2.28. The summed E-state index contributed by atoms with van der Waals surface area (Å²) in [6.07, 6.45) is 20.6. The smallest absolute Gasteiger partial charge is 0.344 e. The van der Waals surface area contributed by atoms with Crippen LogP contribution in [0.2, 0.25) is 0 Å². The summed E-state index contributed by atoms with van der Waals surface area (Å²) in [7, 11) is -2.95. The summed E-state index contributed by atoms with van der Waals surface area (Å²) < 4.78 is 17.3. The van der Waals surface area contributed by atoms with Crippen molar-refractivity contribution in [3.05, 3.63) is 0 Å². The molecule has 0 aromatic carbocycles. The van der Waals surface area contributed by atoms with Crippen LogP contribution in [0, 0.1) is 5.92 Å². The van der Waals surface area contributed by atoms with Crippen LogP contribution in [-0.2, 0) is 28.6 Å². The van der Waals surface area contributed by atoms with Crippen LogP contribution in [0.4, 0.5) is 0 Å². The second-order valence-corrected chi connectivity index (χ2v) is 21.7. The van der Waals surface area contributed by atoms with E-state index in [0.717, 1.165) is 114 Å². The van der Waals surface area contributed by atoms with Crippen LogP contribution in [0.1, 0.15) is 132 Å². The molecule has 0 amide bonds. The number of hydrogen-bond donors (Lipinski definition) is 0. The average Bonchev–Trinajstić information content (AvgIpc) is 2.99. The van der Waals surface area contributed by atoms with Crippen molar-refractivity contribution in [3.63, 3.8) is 0 Å². The van der Waals surface area contributed by atoms with Crippen molar-refractivity contribution in [2.75, 3.05) is 62.5 Å². The lowest BCUT2D eigenvalue weighted by Crippen LogP contribution is -3.00. The number of esters is 3. The molecule has 270 valence electrons. The van der Waals surface area contributed by atoms with Gasteiger partial charge in [-0.15, -0.1) is 0 Å². The van der Waals surface area contributed by atoms with Gasteiger partial charge in [0, 0.05) is 14.5 Å². The van der Waals surface area contributed by atoms with E-state index in [2.05, 4.69) is 41.5 Å². The Bertz CT molecular complexity index is 710. The maximum absolute atomic E-state index is 13.5. The highest BCUT2D eigenvalue weighted by atomic mass is 35.5. The Labute approximate surface area is 291 Å². The van der Waals surface area contributed by atoms with Gasteiger partial charge in [-0.2, -0.15) is 0 Å². The molecule has 0 N–H and O–H groups in total. The quantitative estimate of drug-likeness (QED) is 0.0701. The van der Waals surface area contributed by atoms with E-state index in [9.17, 15) is 14.4 Å². The third kappa shape index (κ3) is 22.9. The molecule has 0 rings (SSSR count). The fraction of sp³-hybridized carbons (Fsp3) is 0.914. The van der Waals surface area contributed by atoms with Crippen molar-refractivity contribution in [1.82, 2.24) is 0 Å². The van der Waals surface area contributed by atoms with Crippen LogP contribution in [-0.4, -0.2) is 86.5 Å². The minimum atomic E-state index is -1.50. The first-order valence-corrected chi connectivity index (χ1v) is 22.8. The molecule has 1 unspecified atom stereocenters. The number of hydrogen-bond acceptors (Lipinski definition) is 6. The first-order chi connectivity index (χ1) is 20.6. The number of unbranched alkanes of at least 4 members (excludes halogenated alkanes) is 6. The predicted octanol–water partition coefficient (Wildman–Crippen LogP) is 3.48. The lowest BCUT2D eigenvalue weighted by atomic mass is 10.2. The summed E-state index contributed by atoms with van der Waals surface area (Å²) in [5.41, 5.74) is 0. The highest BCUT2D eigenvalue weighted by molar-refractivity contribution is 7.77. The molecular weight excluding hydrogens is 649 g/mol. The monoisotopic (exact) mass is 718 g/mol. The molecule has 0 aliphatic rings. The van der Waals surface area contributed by atoms with Gasteiger partial charge in [0.2, 0.25) is 0 Å². The highest BCUT2D eigenvalue weighted by Gasteiger charge is 2.41. The van der Waals surface area contributed by atoms with Crippen molar-refractivity contribution in [1.29, 1.82) is 0 Å². The summed E-state index contributed by atoms with van der Waals surface area (Å²) in [5.74, 6) is -1.04. The number of carbonyl (C=O) groups is 3. The average molecular weight is 720 g/mol. The van der Waals surface area contributed by atoms with Crippen LogP contribution in [0.5, 0.6) is 0 Å². The van der Waals surface area contributed by atoms with Gasteiger partial charge >= 0.3 is 17.9 Å². The second-order valence-electron chi connectivity index (χ2n) is 13.0. The van der Waals surface area contributed by atoms with Gasteiger partial charge in [0.25, 0.3) is 0 Å². The summed E-state index contributed by atoms with van der Waals surface area (Å²) in [4.78, 5) is 39.1. The maximum Gasteiger partial charge on any atom is 0.344 e. The molecule has 45 heavy (non-hydrogen) atoms. The Morgan fingerprint density at radius 1 is 0.511 bits per heavy atom. The van der Waals surface area contributed by atoms with E-state index in [4.69, 9.17) is 14.2 Å². The van der Waals surface area contributed by atoms with Crippen LogP contribution in [0.3, 0.4) is 0 Å². The van der Waals surface area contributed by atoms with E-state index in [1.807, 2.05) is 0 Å². The Morgan fingerprint density at radius 2 is 0.822 bits per heavy atom. The summed E-state index contributed by atoms with van der Waals surface area (Å²) in [6, 6.07) is 0. The van der Waals surface area contributed by atoms with Gasteiger partial charge in [-0.05, 0) is 38.5 Å². The minimum absolute atomic E-state index is 0. The van der Waals surface area contributed by atoms with E-state index in [1.54, 1.807) is 13.8 Å². The fourth-order valence-corrected chi connectivity index (χ4v) is 15.0. The molecular formula is C35H70Cl2O6P2. The number of ether oxygens (including phenoxy) is 3. The van der Waals surface area contributed by atoms with Crippen molar-refractivity contribution >= 4 is 32.4 Å². The Morgan fingerprint density at radius 3 is 1.13 bits per heavy atom. The van der Waals surface area contributed by atoms with E-state index < -0.39 is 20.6 Å². The SMILES string of the molecule is CCCC[P+](CCCC)(CCCC)CC(=O)OCC(COC(=O)C(C)C)OC(=O)C[P+](CCCC)(CCCC)CCCC.[Cl-].[Cl-]. The normalized spacial score (nSPS) is 12.2. The molecule has 0 aromatic rings. The first-order valence-electron chi connectivity index (χ1n) is 17.8. The summed E-state index contributed by atoms with van der Waals surface area (Å²) in [6.45, 7) is 16.7. The topological polar surface area (TPSA) is 78.9 Å². The molecule has 0 radical (unpaired) electrons. The van der Waals surface area contributed by atoms with Crippen molar-refractivity contribution in [2.45, 2.75) is 139 Å². The standard InChI is InChI=1S/C35H70O6P2.2ClH/c1-9-15-21-42(22-16-10-2,23-17-11-3)29-33(36)39-27-32(28-40-35(38)31(7)8)41-34(37)30-43(24-18-12-4,25-19-13-5)26-20-14-6;;/h31-32H,9-30H2,1-8H3;2*1H/q+2;;/p-2. The first kappa shape index (κ1) is 49.2. The largest absolute Gasteiger partial charge is 1.00 e. The molecule has 0 saturated carbocycles. The summed E-state index contributed by atoms with van der Waals surface area (Å²) >= 11 is 0. The van der Waals surface area contributed by atoms with Gasteiger partial charge < -0.3 is 39.0 Å². The van der Waals surface area contributed by atoms with Crippen LogP contribution in [0.25, 0.3) is 0 Å². The Kier molecular flexibility index (Phi) is 32.8. The third-order valence-electron chi connectivity index (χ3n) is 8.46. The Balaban J connectivity index is -0.00000882. The van der Waals surface area contributed by atoms with Gasteiger partial charge in [0.05, 0.1) is 42.9 Å². The number of halogens is 2. The third-order valence-corrected chi connectivity index (χ3v) is 17.9. The zero-order chi connectivity index (χ0) is 32.6. The molecule has 0 saturated heterocycles. The molecule has 0 aliphatic carbocycles. The van der Waals surface area contributed by atoms with Crippen LogP contribution >= 0.6 is 14.5 Å².